The van der Waals surface area contributed by atoms with E-state index in [1.165, 1.54) is 12.8 Å². The zero-order valence-corrected chi connectivity index (χ0v) is 19.8. The third-order valence-corrected chi connectivity index (χ3v) is 4.96. The lowest BCUT2D eigenvalue weighted by Gasteiger charge is -2.35. The van der Waals surface area contributed by atoms with Crippen molar-refractivity contribution < 1.29 is 49.4 Å². The number of carbonyl (C=O) groups is 4. The molecule has 0 aliphatic carbocycles. The third-order valence-electron chi connectivity index (χ3n) is 4.43. The number of hydrogen-bond donors (Lipinski definition) is 5. The quantitative estimate of drug-likeness (QED) is 0.318. The standard InChI is InChI=1S/C16H25BrN2O2.2C2H2O4/c1-18-9-7-14(8-10-18)19(2)11-15(20)12-21-16-5-3-13(17)4-6-16;2*3-1(4)2(5)6/h3-6,14-15,20H,7-12H2,1-2H3;2*(H,3,4)(H,5,6). The monoisotopic (exact) mass is 536 g/mol. The van der Waals surface area contributed by atoms with Crippen molar-refractivity contribution >= 4 is 39.8 Å². The molecule has 0 radical (unpaired) electrons. The van der Waals surface area contributed by atoms with Crippen LogP contribution in [-0.2, 0) is 19.2 Å². The molecule has 12 nitrogen and oxygen atoms in total. The van der Waals surface area contributed by atoms with Crippen LogP contribution in [0.3, 0.4) is 0 Å². The van der Waals surface area contributed by atoms with Gasteiger partial charge in [0.05, 0.1) is 0 Å². The fourth-order valence-corrected chi connectivity index (χ4v) is 2.96. The number of nitrogens with zero attached hydrogens (tertiary/aromatic N) is 2. The van der Waals surface area contributed by atoms with Crippen molar-refractivity contribution in [3.05, 3.63) is 28.7 Å². The Morgan fingerprint density at radius 2 is 1.42 bits per heavy atom. The van der Waals surface area contributed by atoms with E-state index in [1.807, 2.05) is 24.3 Å². The summed E-state index contributed by atoms with van der Waals surface area (Å²) in [5.41, 5.74) is 0. The van der Waals surface area contributed by atoms with Crippen LogP contribution in [0.15, 0.2) is 28.7 Å². The van der Waals surface area contributed by atoms with Gasteiger partial charge in [-0.3, -0.25) is 0 Å². The average molecular weight is 537 g/mol. The van der Waals surface area contributed by atoms with Crippen LogP contribution in [0, 0.1) is 0 Å². The zero-order valence-electron chi connectivity index (χ0n) is 18.3. The fourth-order valence-electron chi connectivity index (χ4n) is 2.69. The van der Waals surface area contributed by atoms with Gasteiger partial charge in [0, 0.05) is 17.1 Å². The summed E-state index contributed by atoms with van der Waals surface area (Å²) >= 11 is 3.39. The van der Waals surface area contributed by atoms with Gasteiger partial charge in [-0.15, -0.1) is 0 Å². The third kappa shape index (κ3) is 14.9. The highest BCUT2D eigenvalue weighted by atomic mass is 79.9. The summed E-state index contributed by atoms with van der Waals surface area (Å²) < 4.78 is 6.65. The molecule has 2 rings (SSSR count). The number of likely N-dealkylation sites (tertiary alicyclic amines) is 1. The second-order valence-corrected chi connectivity index (χ2v) is 8.03. The molecule has 1 aromatic rings. The molecular formula is C20H29BrN2O10. The predicted octanol–water partition coefficient (Wildman–Crippen LogP) is 0.526. The number of aliphatic carboxylic acids is 4. The average Bonchev–Trinajstić information content (AvgIpc) is 2.74. The van der Waals surface area contributed by atoms with Gasteiger partial charge in [0.25, 0.3) is 0 Å². The maximum absolute atomic E-state index is 10.1. The van der Waals surface area contributed by atoms with Gasteiger partial charge in [-0.2, -0.15) is 0 Å². The number of halogens is 1. The highest BCUT2D eigenvalue weighted by molar-refractivity contribution is 9.10. The molecule has 0 aromatic heterocycles. The Morgan fingerprint density at radius 3 is 1.82 bits per heavy atom. The Balaban J connectivity index is 0.000000705. The summed E-state index contributed by atoms with van der Waals surface area (Å²) in [5.74, 6) is -6.51. The lowest BCUT2D eigenvalue weighted by molar-refractivity contribution is -0.159. The first-order chi connectivity index (χ1) is 15.3. The van der Waals surface area contributed by atoms with E-state index in [9.17, 15) is 5.11 Å². The Morgan fingerprint density at radius 1 is 1.00 bits per heavy atom. The van der Waals surface area contributed by atoms with E-state index in [0.717, 1.165) is 23.3 Å². The van der Waals surface area contributed by atoms with Crippen LogP contribution in [0.4, 0.5) is 0 Å². The van der Waals surface area contributed by atoms with Gasteiger partial charge >= 0.3 is 23.9 Å². The predicted molar refractivity (Wildman–Crippen MR) is 119 cm³/mol. The van der Waals surface area contributed by atoms with Gasteiger partial charge in [0.15, 0.2) is 0 Å². The Hall–Kier alpha value is -2.74. The van der Waals surface area contributed by atoms with Crippen LogP contribution in [0.25, 0.3) is 0 Å². The van der Waals surface area contributed by atoms with Gasteiger partial charge in [0.1, 0.15) is 18.5 Å². The van der Waals surface area contributed by atoms with Crippen LogP contribution in [0.5, 0.6) is 5.75 Å². The smallest absolute Gasteiger partial charge is 0.414 e. The summed E-state index contributed by atoms with van der Waals surface area (Å²) in [6, 6.07) is 8.25. The van der Waals surface area contributed by atoms with Gasteiger partial charge in [-0.05, 0) is 64.3 Å². The number of aliphatic hydroxyl groups excluding tert-OH is 1. The molecule has 33 heavy (non-hydrogen) atoms. The number of likely N-dealkylation sites (N-methyl/N-ethyl adjacent to an activating group) is 1. The minimum absolute atomic E-state index is 0.332. The molecule has 5 N–H and O–H groups in total. The zero-order chi connectivity index (χ0) is 25.6. The summed E-state index contributed by atoms with van der Waals surface area (Å²) in [4.78, 5) is 41.0. The SMILES string of the molecule is CN1CCC(N(C)CC(O)COc2ccc(Br)cc2)CC1.O=C(O)C(=O)O.O=C(O)C(=O)O. The number of carboxylic acids is 4. The number of ether oxygens (including phenoxy) is 1. The van der Waals surface area contributed by atoms with Crippen LogP contribution in [0.2, 0.25) is 0 Å². The number of benzene rings is 1. The van der Waals surface area contributed by atoms with Crippen molar-refractivity contribution in [2.24, 2.45) is 0 Å². The molecule has 1 saturated heterocycles. The van der Waals surface area contributed by atoms with E-state index in [4.69, 9.17) is 44.3 Å². The molecule has 1 aliphatic rings. The minimum atomic E-state index is -1.82. The second-order valence-electron chi connectivity index (χ2n) is 7.11. The topological polar surface area (TPSA) is 185 Å². The van der Waals surface area contributed by atoms with E-state index in [2.05, 4.69) is 39.8 Å². The first-order valence-corrected chi connectivity index (χ1v) is 10.5. The van der Waals surface area contributed by atoms with Crippen LogP contribution in [-0.4, -0.2) is 112 Å². The fraction of sp³-hybridized carbons (Fsp3) is 0.500. The van der Waals surface area contributed by atoms with Crippen LogP contribution >= 0.6 is 15.9 Å². The molecule has 0 spiro atoms. The highest BCUT2D eigenvalue weighted by Gasteiger charge is 2.22. The maximum Gasteiger partial charge on any atom is 0.414 e. The lowest BCUT2D eigenvalue weighted by atomic mass is 10.0. The molecular weight excluding hydrogens is 508 g/mol. The lowest BCUT2D eigenvalue weighted by Crippen LogP contribution is -2.45. The summed E-state index contributed by atoms with van der Waals surface area (Å²) in [5, 5.41) is 39.7. The maximum atomic E-state index is 10.1. The van der Waals surface area contributed by atoms with Crippen LogP contribution < -0.4 is 4.74 Å². The van der Waals surface area contributed by atoms with E-state index < -0.39 is 30.0 Å². The molecule has 1 atom stereocenters. The molecule has 1 aromatic carbocycles. The van der Waals surface area contributed by atoms with Crippen molar-refractivity contribution in [2.75, 3.05) is 40.3 Å². The van der Waals surface area contributed by atoms with E-state index in [0.29, 0.717) is 19.2 Å². The van der Waals surface area contributed by atoms with E-state index >= 15 is 0 Å². The van der Waals surface area contributed by atoms with Crippen molar-refractivity contribution in [2.45, 2.75) is 25.0 Å². The number of hydrogen-bond acceptors (Lipinski definition) is 8. The van der Waals surface area contributed by atoms with Gasteiger partial charge in [-0.25, -0.2) is 19.2 Å². The number of aliphatic hydroxyl groups is 1. The Labute approximate surface area is 199 Å². The second kappa shape index (κ2) is 16.0. The highest BCUT2D eigenvalue weighted by Crippen LogP contribution is 2.17. The van der Waals surface area contributed by atoms with Crippen molar-refractivity contribution in [3.8, 4) is 5.75 Å². The summed E-state index contributed by atoms with van der Waals surface area (Å²) in [6.07, 6.45) is 1.89. The molecule has 186 valence electrons. The number of piperidine rings is 1. The molecule has 0 saturated carbocycles. The van der Waals surface area contributed by atoms with E-state index in [-0.39, 0.29) is 0 Å². The molecule has 0 amide bonds. The summed E-state index contributed by atoms with van der Waals surface area (Å²) in [6.45, 7) is 3.27. The minimum Gasteiger partial charge on any atom is -0.491 e. The van der Waals surface area contributed by atoms with Crippen molar-refractivity contribution in [1.82, 2.24) is 9.80 Å². The molecule has 1 fully saturated rings. The van der Waals surface area contributed by atoms with E-state index in [1.54, 1.807) is 0 Å². The van der Waals surface area contributed by atoms with Gasteiger partial charge in [0.2, 0.25) is 0 Å². The number of rotatable bonds is 6. The number of carboxylic acid groups (broad SMARTS) is 4. The van der Waals surface area contributed by atoms with Crippen molar-refractivity contribution in [3.63, 3.8) is 0 Å². The van der Waals surface area contributed by atoms with Gasteiger partial charge in [-0.1, -0.05) is 15.9 Å². The molecule has 1 aliphatic heterocycles. The molecule has 1 heterocycles. The first-order valence-electron chi connectivity index (χ1n) is 9.71. The normalized spacial score (nSPS) is 14.7. The summed E-state index contributed by atoms with van der Waals surface area (Å²) in [7, 11) is 4.26. The Bertz CT molecular complexity index is 719. The molecule has 1 unspecified atom stereocenters. The van der Waals surface area contributed by atoms with Crippen molar-refractivity contribution in [1.29, 1.82) is 0 Å². The van der Waals surface area contributed by atoms with Crippen LogP contribution in [0.1, 0.15) is 12.8 Å². The largest absolute Gasteiger partial charge is 0.491 e. The first kappa shape index (κ1) is 30.3. The Kier molecular flexibility index (Phi) is 14.6. The van der Waals surface area contributed by atoms with Gasteiger partial charge < -0.3 is 40.1 Å². The molecule has 13 heteroatoms. The molecule has 0 bridgehead atoms.